The second-order valence-corrected chi connectivity index (χ2v) is 20.5. The molecule has 0 bridgehead atoms. The molecule has 0 saturated heterocycles. The zero-order valence-corrected chi connectivity index (χ0v) is 39.6. The maximum absolute atomic E-state index is 11.7. The summed E-state index contributed by atoms with van der Waals surface area (Å²) in [6.45, 7) is 17.4. The van der Waals surface area contributed by atoms with Crippen LogP contribution in [0, 0.1) is 19.8 Å². The van der Waals surface area contributed by atoms with E-state index in [1.54, 1.807) is 0 Å². The number of phenolic OH excluding ortho intramolecular Hbond substituents is 1. The molecule has 5 heteroatoms. The number of aromatic hydroxyl groups is 1. The molecule has 0 aliphatic heterocycles. The second-order valence-electron chi connectivity index (χ2n) is 20.5. The van der Waals surface area contributed by atoms with Gasteiger partial charge >= 0.3 is 0 Å². The van der Waals surface area contributed by atoms with Gasteiger partial charge in [0.15, 0.2) is 5.58 Å². The minimum absolute atomic E-state index is 0.000882. The summed E-state index contributed by atoms with van der Waals surface area (Å²) in [6.07, 6.45) is 11.2. The maximum Gasteiger partial charge on any atom is 0.159 e. The first kappa shape index (κ1) is 42.2. The number of furan rings is 2. The van der Waals surface area contributed by atoms with Gasteiger partial charge in [-0.3, -0.25) is 0 Å². The fourth-order valence-electron chi connectivity index (χ4n) is 10.4. The number of fused-ring (bicyclic) bond motifs is 7. The number of benzene rings is 7. The zero-order chi connectivity index (χ0) is 46.4. The molecule has 2 aromatic heterocycles. The third-order valence-corrected chi connectivity index (χ3v) is 13.7. The first-order valence-electron chi connectivity index (χ1n) is 23.5. The molecule has 9 aromatic rings. The topological polar surface area (TPSA) is 53.0 Å². The van der Waals surface area contributed by atoms with Crippen molar-refractivity contribution in [2.24, 2.45) is 5.92 Å². The molecule has 0 spiro atoms. The standard InChI is InChI=1S/C62H56N2O3/c1-38-25-29-41(30-26-38)63(53-24-14-21-49-48-20-13-23-52(62(6,7)8)59(48)67-60(49)53)44-33-34-55-50(36-44)57-47-18-10-9-17-46(47)54(37-56(57)66-55)64(42-31-27-39(2)28-32-42)43-16-11-15-40(35-43)45-19-12-22-51(58(45)65)61(3,4)5/h9-37,46,54,65H,1-8H3. The zero-order valence-electron chi connectivity index (χ0n) is 39.6. The lowest BCUT2D eigenvalue weighted by Gasteiger charge is -2.38. The SMILES string of the molecule is Cc1ccc(N(c2ccc3oc4c(c3c2)=C2C=CC=CC2C(N(c2ccc(C)cc2)c2cccc(-c3cccc(C(C)(C)C)c3O)c2)C=4)c2cccc3c2oc2c(C(C)(C)C)cccc23)cc1. The van der Waals surface area contributed by atoms with Crippen molar-refractivity contribution < 1.29 is 13.9 Å². The van der Waals surface area contributed by atoms with Crippen molar-refractivity contribution in [1.29, 1.82) is 0 Å². The van der Waals surface area contributed by atoms with E-state index in [0.717, 1.165) is 88.7 Å². The molecule has 0 amide bonds. The van der Waals surface area contributed by atoms with Crippen LogP contribution in [0.15, 0.2) is 179 Å². The number of phenols is 1. The fourth-order valence-corrected chi connectivity index (χ4v) is 10.4. The van der Waals surface area contributed by atoms with Gasteiger partial charge in [0.1, 0.15) is 22.3 Å². The fraction of sp³-hybridized carbons (Fsp3) is 0.194. The highest BCUT2D eigenvalue weighted by Gasteiger charge is 2.34. The van der Waals surface area contributed by atoms with Crippen molar-refractivity contribution in [3.05, 3.63) is 203 Å². The van der Waals surface area contributed by atoms with Gasteiger partial charge in [-0.2, -0.15) is 0 Å². The Kier molecular flexibility index (Phi) is 9.97. The van der Waals surface area contributed by atoms with E-state index in [-0.39, 0.29) is 22.8 Å². The molecule has 2 aliphatic rings. The van der Waals surface area contributed by atoms with Gasteiger partial charge < -0.3 is 23.7 Å². The van der Waals surface area contributed by atoms with Crippen molar-refractivity contribution in [3.8, 4) is 16.9 Å². The number of aryl methyl sites for hydroxylation is 2. The average molecular weight is 877 g/mol. The van der Waals surface area contributed by atoms with Gasteiger partial charge in [0.25, 0.3) is 0 Å². The van der Waals surface area contributed by atoms with E-state index in [2.05, 4.69) is 223 Å². The summed E-state index contributed by atoms with van der Waals surface area (Å²) in [5, 5.41) is 16.1. The lowest BCUT2D eigenvalue weighted by atomic mass is 9.81. The summed E-state index contributed by atoms with van der Waals surface area (Å²) in [5.74, 6) is 0.324. The molecule has 0 fully saturated rings. The first-order chi connectivity index (χ1) is 32.2. The van der Waals surface area contributed by atoms with E-state index in [1.807, 2.05) is 18.2 Å². The molecule has 332 valence electrons. The van der Waals surface area contributed by atoms with Gasteiger partial charge in [-0.05, 0) is 108 Å². The third-order valence-electron chi connectivity index (χ3n) is 13.7. The number of rotatable bonds is 7. The molecule has 2 atom stereocenters. The van der Waals surface area contributed by atoms with Gasteiger partial charge in [-0.25, -0.2) is 0 Å². The Morgan fingerprint density at radius 1 is 0.552 bits per heavy atom. The summed E-state index contributed by atoms with van der Waals surface area (Å²) in [5.41, 5.74) is 15.8. The normalized spacial score (nSPS) is 15.8. The highest BCUT2D eigenvalue weighted by atomic mass is 16.3. The Hall–Kier alpha value is -7.50. The quantitative estimate of drug-likeness (QED) is 0.173. The van der Waals surface area contributed by atoms with Crippen molar-refractivity contribution in [1.82, 2.24) is 0 Å². The molecular formula is C62H56N2O3. The third kappa shape index (κ3) is 7.25. The summed E-state index contributed by atoms with van der Waals surface area (Å²) in [6, 6.07) is 51.7. The number of hydrogen-bond acceptors (Lipinski definition) is 5. The largest absolute Gasteiger partial charge is 0.507 e. The van der Waals surface area contributed by atoms with E-state index in [9.17, 15) is 5.11 Å². The molecule has 2 heterocycles. The van der Waals surface area contributed by atoms with Gasteiger partial charge in [-0.1, -0.05) is 162 Å². The van der Waals surface area contributed by atoms with Crippen molar-refractivity contribution in [3.63, 3.8) is 0 Å². The predicted molar refractivity (Wildman–Crippen MR) is 280 cm³/mol. The van der Waals surface area contributed by atoms with Crippen molar-refractivity contribution in [2.45, 2.75) is 72.3 Å². The van der Waals surface area contributed by atoms with Crippen LogP contribution < -0.4 is 20.4 Å². The van der Waals surface area contributed by atoms with Gasteiger partial charge in [0.2, 0.25) is 0 Å². The molecular weight excluding hydrogens is 821 g/mol. The number of para-hydroxylation sites is 3. The Balaban J connectivity index is 1.09. The van der Waals surface area contributed by atoms with Crippen LogP contribution >= 0.6 is 0 Å². The molecule has 67 heavy (non-hydrogen) atoms. The highest BCUT2D eigenvalue weighted by molar-refractivity contribution is 6.11. The molecule has 11 rings (SSSR count). The molecule has 1 N–H and O–H groups in total. The maximum atomic E-state index is 11.7. The minimum atomic E-state index is -0.209. The van der Waals surface area contributed by atoms with Crippen molar-refractivity contribution >= 4 is 73.0 Å². The molecule has 7 aromatic carbocycles. The molecule has 2 unspecified atom stereocenters. The molecule has 0 radical (unpaired) electrons. The second kappa shape index (κ2) is 15.8. The summed E-state index contributed by atoms with van der Waals surface area (Å²) < 4.78 is 13.9. The number of allylic oxidation sites excluding steroid dienone is 3. The van der Waals surface area contributed by atoms with Gasteiger partial charge in [0.05, 0.1) is 11.7 Å². The van der Waals surface area contributed by atoms with Gasteiger partial charge in [-0.15, -0.1) is 0 Å². The summed E-state index contributed by atoms with van der Waals surface area (Å²) in [7, 11) is 0. The number of nitrogens with zero attached hydrogens (tertiary/aromatic N) is 2. The van der Waals surface area contributed by atoms with E-state index in [1.165, 1.54) is 22.3 Å². The smallest absolute Gasteiger partial charge is 0.159 e. The van der Waals surface area contributed by atoms with Crippen LogP contribution in [-0.4, -0.2) is 11.1 Å². The monoisotopic (exact) mass is 876 g/mol. The van der Waals surface area contributed by atoms with E-state index in [0.29, 0.717) is 5.75 Å². The van der Waals surface area contributed by atoms with Crippen LogP contribution in [0.1, 0.15) is 63.8 Å². The highest BCUT2D eigenvalue weighted by Crippen LogP contribution is 2.46. The minimum Gasteiger partial charge on any atom is -0.507 e. The molecule has 5 nitrogen and oxygen atoms in total. The molecule has 0 saturated carbocycles. The Bertz CT molecular complexity index is 3590. The number of hydrogen-bond donors (Lipinski definition) is 1. The van der Waals surface area contributed by atoms with E-state index in [4.69, 9.17) is 8.83 Å². The Morgan fingerprint density at radius 2 is 1.19 bits per heavy atom. The van der Waals surface area contributed by atoms with Crippen LogP contribution in [-0.2, 0) is 10.8 Å². The number of anilines is 5. The van der Waals surface area contributed by atoms with Crippen LogP contribution in [0.25, 0.3) is 55.7 Å². The lowest BCUT2D eigenvalue weighted by molar-refractivity contribution is 0.448. The Morgan fingerprint density at radius 3 is 1.93 bits per heavy atom. The van der Waals surface area contributed by atoms with E-state index >= 15 is 0 Å². The van der Waals surface area contributed by atoms with Gasteiger partial charge in [0, 0.05) is 61.2 Å². The van der Waals surface area contributed by atoms with Crippen LogP contribution in [0.4, 0.5) is 28.4 Å². The lowest BCUT2D eigenvalue weighted by Crippen LogP contribution is -2.44. The molecule has 2 aliphatic carbocycles. The summed E-state index contributed by atoms with van der Waals surface area (Å²) >= 11 is 0. The van der Waals surface area contributed by atoms with Crippen molar-refractivity contribution in [2.75, 3.05) is 9.80 Å². The first-order valence-corrected chi connectivity index (χ1v) is 23.5. The Labute approximate surface area is 392 Å². The predicted octanol–water partition coefficient (Wildman–Crippen LogP) is 15.3. The van der Waals surface area contributed by atoms with Crippen LogP contribution in [0.3, 0.4) is 0 Å². The summed E-state index contributed by atoms with van der Waals surface area (Å²) in [4.78, 5) is 4.76. The van der Waals surface area contributed by atoms with Crippen LogP contribution in [0.2, 0.25) is 0 Å². The van der Waals surface area contributed by atoms with Crippen LogP contribution in [0.5, 0.6) is 5.75 Å². The average Bonchev–Trinajstić information content (AvgIpc) is 3.89. The van der Waals surface area contributed by atoms with E-state index < -0.39 is 0 Å².